The van der Waals surface area contributed by atoms with E-state index in [2.05, 4.69) is 21.2 Å². The van der Waals surface area contributed by atoms with Gasteiger partial charge in [0.25, 0.3) is 0 Å². The first kappa shape index (κ1) is 22.8. The van der Waals surface area contributed by atoms with Gasteiger partial charge in [0.05, 0.1) is 13.2 Å². The summed E-state index contributed by atoms with van der Waals surface area (Å²) in [5, 5.41) is 3.06. The van der Waals surface area contributed by atoms with Crippen LogP contribution in [0.1, 0.15) is 36.9 Å². The standard InChI is InChI=1S/C22H27BrN2O4S/c1-15-7-8-20(29-3)21(13-15)30(27,28)25-11-9-17(10-12-25)22(26)24-16(2)18-5-4-6-19(23)14-18/h4-8,13-14,16-17H,9-12H2,1-3H3,(H,24,26). The topological polar surface area (TPSA) is 75.7 Å². The number of sulfonamides is 1. The van der Waals surface area contributed by atoms with Crippen LogP contribution in [0.3, 0.4) is 0 Å². The molecular weight excluding hydrogens is 468 g/mol. The Balaban J connectivity index is 1.64. The van der Waals surface area contributed by atoms with Crippen LogP contribution in [-0.2, 0) is 14.8 Å². The van der Waals surface area contributed by atoms with Crippen molar-refractivity contribution in [3.05, 3.63) is 58.1 Å². The molecule has 0 spiro atoms. The van der Waals surface area contributed by atoms with E-state index >= 15 is 0 Å². The fraction of sp³-hybridized carbons (Fsp3) is 0.409. The van der Waals surface area contributed by atoms with Crippen molar-refractivity contribution in [2.24, 2.45) is 5.92 Å². The molecular formula is C22H27BrN2O4S. The Morgan fingerprint density at radius 3 is 2.53 bits per heavy atom. The van der Waals surface area contributed by atoms with E-state index in [-0.39, 0.29) is 22.8 Å². The van der Waals surface area contributed by atoms with Crippen LogP contribution in [0.5, 0.6) is 5.75 Å². The molecule has 6 nitrogen and oxygen atoms in total. The molecule has 0 aliphatic carbocycles. The minimum Gasteiger partial charge on any atom is -0.495 e. The zero-order valence-corrected chi connectivity index (χ0v) is 19.8. The van der Waals surface area contributed by atoms with E-state index in [0.29, 0.717) is 31.7 Å². The lowest BCUT2D eigenvalue weighted by atomic mass is 9.96. The number of amides is 1. The molecule has 1 atom stereocenters. The van der Waals surface area contributed by atoms with Gasteiger partial charge in [-0.2, -0.15) is 4.31 Å². The lowest BCUT2D eigenvalue weighted by Gasteiger charge is -2.31. The first-order valence-electron chi connectivity index (χ1n) is 9.93. The molecule has 3 rings (SSSR count). The van der Waals surface area contributed by atoms with Crippen molar-refractivity contribution in [2.45, 2.75) is 37.6 Å². The van der Waals surface area contributed by atoms with Gasteiger partial charge in [-0.25, -0.2) is 8.42 Å². The van der Waals surface area contributed by atoms with Gasteiger partial charge in [0.15, 0.2) is 0 Å². The van der Waals surface area contributed by atoms with Crippen molar-refractivity contribution in [2.75, 3.05) is 20.2 Å². The predicted molar refractivity (Wildman–Crippen MR) is 120 cm³/mol. The second-order valence-corrected chi connectivity index (χ2v) is 10.4. The van der Waals surface area contributed by atoms with Crippen LogP contribution in [0.4, 0.5) is 0 Å². The van der Waals surface area contributed by atoms with Crippen LogP contribution in [0.15, 0.2) is 51.8 Å². The Labute approximate surface area is 186 Å². The number of hydrogen-bond acceptors (Lipinski definition) is 4. The van der Waals surface area contributed by atoms with Crippen LogP contribution in [0.2, 0.25) is 0 Å². The van der Waals surface area contributed by atoms with Crippen molar-refractivity contribution in [1.82, 2.24) is 9.62 Å². The summed E-state index contributed by atoms with van der Waals surface area (Å²) in [4.78, 5) is 12.9. The minimum atomic E-state index is -3.68. The number of piperidine rings is 1. The summed E-state index contributed by atoms with van der Waals surface area (Å²) in [7, 11) is -2.21. The molecule has 30 heavy (non-hydrogen) atoms. The van der Waals surface area contributed by atoms with E-state index < -0.39 is 10.0 Å². The van der Waals surface area contributed by atoms with Crippen LogP contribution >= 0.6 is 15.9 Å². The van der Waals surface area contributed by atoms with Crippen LogP contribution in [0, 0.1) is 12.8 Å². The maximum atomic E-state index is 13.1. The summed E-state index contributed by atoms with van der Waals surface area (Å²) in [6.45, 7) is 4.41. The molecule has 1 unspecified atom stereocenters. The molecule has 1 saturated heterocycles. The second-order valence-electron chi connectivity index (χ2n) is 7.62. The Hall–Kier alpha value is -1.90. The normalized spacial score (nSPS) is 16.8. The highest BCUT2D eigenvalue weighted by Crippen LogP contribution is 2.31. The average Bonchev–Trinajstić information content (AvgIpc) is 2.73. The van der Waals surface area contributed by atoms with E-state index in [4.69, 9.17) is 4.74 Å². The monoisotopic (exact) mass is 494 g/mol. The Morgan fingerprint density at radius 1 is 1.20 bits per heavy atom. The molecule has 1 N–H and O–H groups in total. The van der Waals surface area contributed by atoms with E-state index in [1.165, 1.54) is 11.4 Å². The molecule has 1 amide bonds. The van der Waals surface area contributed by atoms with Crippen molar-refractivity contribution < 1.29 is 17.9 Å². The average molecular weight is 495 g/mol. The largest absolute Gasteiger partial charge is 0.495 e. The Bertz CT molecular complexity index is 1020. The highest BCUT2D eigenvalue weighted by Gasteiger charge is 2.34. The lowest BCUT2D eigenvalue weighted by Crippen LogP contribution is -2.43. The van der Waals surface area contributed by atoms with Gasteiger partial charge in [-0.1, -0.05) is 34.1 Å². The van der Waals surface area contributed by atoms with Gasteiger partial charge >= 0.3 is 0 Å². The zero-order chi connectivity index (χ0) is 21.9. The highest BCUT2D eigenvalue weighted by molar-refractivity contribution is 9.10. The van der Waals surface area contributed by atoms with Gasteiger partial charge in [-0.3, -0.25) is 4.79 Å². The number of aryl methyl sites for hydroxylation is 1. The molecule has 2 aromatic carbocycles. The minimum absolute atomic E-state index is 0.0346. The molecule has 2 aromatic rings. The summed E-state index contributed by atoms with van der Waals surface area (Å²) in [6, 6.07) is 12.8. The smallest absolute Gasteiger partial charge is 0.246 e. The van der Waals surface area contributed by atoms with Crippen molar-refractivity contribution in [3.63, 3.8) is 0 Å². The van der Waals surface area contributed by atoms with Crippen molar-refractivity contribution in [3.8, 4) is 5.75 Å². The van der Waals surface area contributed by atoms with Gasteiger partial charge in [-0.05, 0) is 62.1 Å². The Kier molecular flexibility index (Phi) is 7.21. The first-order valence-corrected chi connectivity index (χ1v) is 12.2. The maximum Gasteiger partial charge on any atom is 0.246 e. The second kappa shape index (κ2) is 9.49. The van der Waals surface area contributed by atoms with Gasteiger partial charge in [0, 0.05) is 23.5 Å². The maximum absolute atomic E-state index is 13.1. The van der Waals surface area contributed by atoms with E-state index in [1.807, 2.05) is 44.2 Å². The zero-order valence-electron chi connectivity index (χ0n) is 17.4. The molecule has 162 valence electrons. The van der Waals surface area contributed by atoms with Crippen LogP contribution < -0.4 is 10.1 Å². The molecule has 0 radical (unpaired) electrons. The number of hydrogen-bond donors (Lipinski definition) is 1. The van der Waals surface area contributed by atoms with Crippen molar-refractivity contribution >= 4 is 31.9 Å². The number of carbonyl (C=O) groups excluding carboxylic acids is 1. The summed E-state index contributed by atoms with van der Waals surface area (Å²) in [5.74, 6) is 0.0985. The summed E-state index contributed by atoms with van der Waals surface area (Å²) >= 11 is 3.45. The molecule has 1 heterocycles. The first-order chi connectivity index (χ1) is 14.2. The third-order valence-electron chi connectivity index (χ3n) is 5.47. The van der Waals surface area contributed by atoms with Gasteiger partial charge in [0.1, 0.15) is 10.6 Å². The molecule has 0 saturated carbocycles. The molecule has 1 aliphatic rings. The third-order valence-corrected chi connectivity index (χ3v) is 7.88. The number of nitrogens with zero attached hydrogens (tertiary/aromatic N) is 1. The van der Waals surface area contributed by atoms with Gasteiger partial charge in [-0.15, -0.1) is 0 Å². The quantitative estimate of drug-likeness (QED) is 0.657. The number of nitrogens with one attached hydrogen (secondary N) is 1. The molecule has 8 heteroatoms. The summed E-state index contributed by atoms with van der Waals surface area (Å²) in [5.41, 5.74) is 1.87. The number of rotatable bonds is 6. The molecule has 1 aliphatic heterocycles. The van der Waals surface area contributed by atoms with Crippen LogP contribution in [0.25, 0.3) is 0 Å². The van der Waals surface area contributed by atoms with Gasteiger partial charge in [0.2, 0.25) is 15.9 Å². The number of carbonyl (C=O) groups is 1. The molecule has 0 bridgehead atoms. The third kappa shape index (κ3) is 5.04. The lowest BCUT2D eigenvalue weighted by molar-refractivity contribution is -0.126. The van der Waals surface area contributed by atoms with E-state index in [9.17, 15) is 13.2 Å². The number of ether oxygens (including phenoxy) is 1. The summed E-state index contributed by atoms with van der Waals surface area (Å²) in [6.07, 6.45) is 0.981. The number of methoxy groups -OCH3 is 1. The highest BCUT2D eigenvalue weighted by atomic mass is 79.9. The number of halogens is 1. The Morgan fingerprint density at radius 2 is 1.90 bits per heavy atom. The summed E-state index contributed by atoms with van der Waals surface area (Å²) < 4.78 is 33.9. The SMILES string of the molecule is COc1ccc(C)cc1S(=O)(=O)N1CCC(C(=O)NC(C)c2cccc(Br)c2)CC1. The molecule has 0 aromatic heterocycles. The number of benzene rings is 2. The van der Waals surface area contributed by atoms with Crippen molar-refractivity contribution in [1.29, 1.82) is 0 Å². The van der Waals surface area contributed by atoms with E-state index in [1.54, 1.807) is 12.1 Å². The molecule has 1 fully saturated rings. The fourth-order valence-corrected chi connectivity index (χ4v) is 5.80. The van der Waals surface area contributed by atoms with E-state index in [0.717, 1.165) is 15.6 Å². The van der Waals surface area contributed by atoms with Gasteiger partial charge < -0.3 is 10.1 Å². The predicted octanol–water partition coefficient (Wildman–Crippen LogP) is 4.04. The van der Waals surface area contributed by atoms with Crippen LogP contribution in [-0.4, -0.2) is 38.8 Å². The fourth-order valence-electron chi connectivity index (χ4n) is 3.67.